The molecule has 0 atom stereocenters. The van der Waals surface area contributed by atoms with Crippen LogP contribution in [-0.2, 0) is 4.79 Å². The molecule has 0 aromatic heterocycles. The molecule has 0 aromatic rings. The van der Waals surface area contributed by atoms with Crippen LogP contribution in [-0.4, -0.2) is 49.7 Å². The van der Waals surface area contributed by atoms with Crippen LogP contribution in [0.2, 0.25) is 0 Å². The maximum absolute atomic E-state index is 10.8. The molecule has 1 heterocycles. The largest absolute Gasteiger partial charge is 0.396 e. The van der Waals surface area contributed by atoms with E-state index in [4.69, 9.17) is 5.11 Å². The van der Waals surface area contributed by atoms with E-state index in [1.165, 1.54) is 0 Å². The summed E-state index contributed by atoms with van der Waals surface area (Å²) < 4.78 is 0. The van der Waals surface area contributed by atoms with E-state index in [-0.39, 0.29) is 12.5 Å². The highest BCUT2D eigenvalue weighted by molar-refractivity contribution is 5.95. The number of hydrogen-bond donors (Lipinski definition) is 2. The van der Waals surface area contributed by atoms with Crippen LogP contribution in [0.4, 0.5) is 0 Å². The maximum Gasteiger partial charge on any atom is 0.245 e. The minimum atomic E-state index is 0.0269. The van der Waals surface area contributed by atoms with Crippen LogP contribution < -0.4 is 5.32 Å². The summed E-state index contributed by atoms with van der Waals surface area (Å²) in [6, 6.07) is 0. The van der Waals surface area contributed by atoms with Crippen LogP contribution in [0.15, 0.2) is 9.98 Å². The first-order valence-corrected chi connectivity index (χ1v) is 7.01. The van der Waals surface area contributed by atoms with Crippen molar-refractivity contribution in [2.75, 3.05) is 26.2 Å². The van der Waals surface area contributed by atoms with E-state index in [0.29, 0.717) is 6.42 Å². The molecule has 0 saturated carbocycles. The standard InChI is InChI=1S/C7H12N2O.C5H11NO.C2H6/c1-6-5-8-4-2-3-7(10)9-6;1-6-4-2-3-5-7;1-2/h8H,2-5H2,1H3;7H,1-5H2;1-2H3. The number of aliphatic hydroxyl groups excluding tert-OH is 1. The average Bonchev–Trinajstić information content (AvgIpc) is 2.40. The summed E-state index contributed by atoms with van der Waals surface area (Å²) in [7, 11) is 0. The van der Waals surface area contributed by atoms with Crippen molar-refractivity contribution >= 4 is 18.3 Å². The van der Waals surface area contributed by atoms with Gasteiger partial charge in [0.1, 0.15) is 0 Å². The second-order valence-electron chi connectivity index (χ2n) is 3.90. The van der Waals surface area contributed by atoms with Gasteiger partial charge in [-0.2, -0.15) is 0 Å². The number of carbonyl (C=O) groups is 1. The van der Waals surface area contributed by atoms with E-state index in [1.54, 1.807) is 0 Å². The van der Waals surface area contributed by atoms with Crippen LogP contribution in [0.5, 0.6) is 0 Å². The molecular weight excluding hydrogens is 242 g/mol. The SMILES string of the molecule is C=NCCCCO.CC.CC1=NC(=O)CCCNC1. The van der Waals surface area contributed by atoms with Crippen molar-refractivity contribution in [2.45, 2.75) is 46.5 Å². The van der Waals surface area contributed by atoms with Gasteiger partial charge in [0.05, 0.1) is 0 Å². The van der Waals surface area contributed by atoms with Gasteiger partial charge in [-0.25, -0.2) is 4.99 Å². The summed E-state index contributed by atoms with van der Waals surface area (Å²) in [6.45, 7) is 11.9. The van der Waals surface area contributed by atoms with Gasteiger partial charge >= 0.3 is 0 Å². The molecule has 2 N–H and O–H groups in total. The third kappa shape index (κ3) is 16.9. The molecular formula is C14H29N3O2. The fourth-order valence-electron chi connectivity index (χ4n) is 1.28. The van der Waals surface area contributed by atoms with Gasteiger partial charge in [-0.3, -0.25) is 4.79 Å². The van der Waals surface area contributed by atoms with Crippen molar-refractivity contribution in [1.82, 2.24) is 5.32 Å². The normalized spacial score (nSPS) is 14.7. The highest BCUT2D eigenvalue weighted by atomic mass is 16.2. The van der Waals surface area contributed by atoms with Crippen LogP contribution >= 0.6 is 0 Å². The van der Waals surface area contributed by atoms with Crippen molar-refractivity contribution in [3.8, 4) is 0 Å². The summed E-state index contributed by atoms with van der Waals surface area (Å²) in [5.74, 6) is 0.0269. The highest BCUT2D eigenvalue weighted by Gasteiger charge is 2.03. The topological polar surface area (TPSA) is 74.0 Å². The average molecular weight is 271 g/mol. The van der Waals surface area contributed by atoms with Gasteiger partial charge in [0.25, 0.3) is 0 Å². The van der Waals surface area contributed by atoms with Gasteiger partial charge < -0.3 is 15.4 Å². The van der Waals surface area contributed by atoms with Crippen molar-refractivity contribution in [1.29, 1.82) is 0 Å². The number of aliphatic imine (C=N–C) groups is 2. The Morgan fingerprint density at radius 1 is 1.42 bits per heavy atom. The van der Waals surface area contributed by atoms with Crippen molar-refractivity contribution in [3.63, 3.8) is 0 Å². The first-order chi connectivity index (χ1) is 9.20. The lowest BCUT2D eigenvalue weighted by atomic mass is 10.2. The predicted molar refractivity (Wildman–Crippen MR) is 82.3 cm³/mol. The molecule has 112 valence electrons. The van der Waals surface area contributed by atoms with Crippen LogP contribution in [0.1, 0.15) is 46.5 Å². The fraction of sp³-hybridized carbons (Fsp3) is 0.786. The number of nitrogens with zero attached hydrogens (tertiary/aromatic N) is 2. The van der Waals surface area contributed by atoms with E-state index in [9.17, 15) is 4.79 Å². The Bertz CT molecular complexity index is 253. The van der Waals surface area contributed by atoms with Crippen molar-refractivity contribution < 1.29 is 9.90 Å². The Morgan fingerprint density at radius 3 is 2.68 bits per heavy atom. The number of unbranched alkanes of at least 4 members (excludes halogenated alkanes) is 1. The van der Waals surface area contributed by atoms with Gasteiger partial charge in [0.2, 0.25) is 5.91 Å². The van der Waals surface area contributed by atoms with E-state index < -0.39 is 0 Å². The third-order valence-electron chi connectivity index (χ3n) is 2.16. The molecule has 5 nitrogen and oxygen atoms in total. The third-order valence-corrected chi connectivity index (χ3v) is 2.16. The van der Waals surface area contributed by atoms with Gasteiger partial charge in [0, 0.05) is 31.8 Å². The number of nitrogens with one attached hydrogen (secondary N) is 1. The molecule has 0 spiro atoms. The number of carbonyl (C=O) groups excluding carboxylic acids is 1. The van der Waals surface area contributed by atoms with Gasteiger partial charge in [-0.1, -0.05) is 13.8 Å². The van der Waals surface area contributed by atoms with E-state index in [2.05, 4.69) is 22.0 Å². The molecule has 1 aliphatic rings. The molecule has 0 radical (unpaired) electrons. The van der Waals surface area contributed by atoms with Gasteiger partial charge in [-0.05, 0) is 39.4 Å². The summed E-state index contributed by atoms with van der Waals surface area (Å²) >= 11 is 0. The lowest BCUT2D eigenvalue weighted by Gasteiger charge is -2.06. The zero-order valence-electron chi connectivity index (χ0n) is 12.6. The molecule has 5 heteroatoms. The summed E-state index contributed by atoms with van der Waals surface area (Å²) in [5.41, 5.74) is 0.893. The van der Waals surface area contributed by atoms with E-state index >= 15 is 0 Å². The molecule has 1 aliphatic heterocycles. The monoisotopic (exact) mass is 271 g/mol. The molecule has 0 aliphatic carbocycles. The Hall–Kier alpha value is -1.07. The number of amides is 1. The number of hydrogen-bond acceptors (Lipinski definition) is 4. The Balaban J connectivity index is 0. The Kier molecular flexibility index (Phi) is 18.0. The smallest absolute Gasteiger partial charge is 0.245 e. The molecule has 0 bridgehead atoms. The Morgan fingerprint density at radius 2 is 2.11 bits per heavy atom. The molecule has 0 saturated heterocycles. The molecule has 0 unspecified atom stereocenters. The number of rotatable bonds is 4. The molecule has 1 rings (SSSR count). The molecule has 1 amide bonds. The zero-order chi connectivity index (χ0) is 14.9. The van der Waals surface area contributed by atoms with E-state index in [0.717, 1.165) is 44.6 Å². The van der Waals surface area contributed by atoms with E-state index in [1.807, 2.05) is 20.8 Å². The van der Waals surface area contributed by atoms with Gasteiger partial charge in [-0.15, -0.1) is 0 Å². The first kappa shape index (κ1) is 20.3. The lowest BCUT2D eigenvalue weighted by molar-refractivity contribution is -0.117. The fourth-order valence-corrected chi connectivity index (χ4v) is 1.28. The molecule has 19 heavy (non-hydrogen) atoms. The second kappa shape index (κ2) is 16.9. The first-order valence-electron chi connectivity index (χ1n) is 7.01. The minimum absolute atomic E-state index is 0.0269. The highest BCUT2D eigenvalue weighted by Crippen LogP contribution is 1.94. The maximum atomic E-state index is 10.8. The second-order valence-corrected chi connectivity index (χ2v) is 3.90. The van der Waals surface area contributed by atoms with Crippen LogP contribution in [0.3, 0.4) is 0 Å². The summed E-state index contributed by atoms with van der Waals surface area (Å²) in [5, 5.41) is 11.4. The molecule has 0 fully saturated rings. The van der Waals surface area contributed by atoms with Gasteiger partial charge in [0.15, 0.2) is 0 Å². The molecule has 0 aromatic carbocycles. The quantitative estimate of drug-likeness (QED) is 0.605. The van der Waals surface area contributed by atoms with Crippen LogP contribution in [0.25, 0.3) is 0 Å². The zero-order valence-corrected chi connectivity index (χ0v) is 12.6. The van der Waals surface area contributed by atoms with Crippen molar-refractivity contribution in [3.05, 3.63) is 0 Å². The summed E-state index contributed by atoms with van der Waals surface area (Å²) in [6.07, 6.45) is 3.30. The van der Waals surface area contributed by atoms with Crippen molar-refractivity contribution in [2.24, 2.45) is 9.98 Å². The number of aliphatic hydroxyl groups is 1. The predicted octanol–water partition coefficient (Wildman–Crippen LogP) is 1.84. The lowest BCUT2D eigenvalue weighted by Crippen LogP contribution is -2.25. The minimum Gasteiger partial charge on any atom is -0.396 e. The Labute approximate surface area is 117 Å². The summed E-state index contributed by atoms with van der Waals surface area (Å²) in [4.78, 5) is 18.3. The van der Waals surface area contributed by atoms with Crippen LogP contribution in [0, 0.1) is 0 Å².